The minimum absolute atomic E-state index is 0.0820. The van der Waals surface area contributed by atoms with Crippen LogP contribution in [0, 0.1) is 5.82 Å². The monoisotopic (exact) mass is 388 g/mol. The van der Waals surface area contributed by atoms with Gasteiger partial charge >= 0.3 is 0 Å². The normalized spacial score (nSPS) is 11.7. The maximum absolute atomic E-state index is 13.0. The number of nitrogens with one attached hydrogen (secondary N) is 1. The van der Waals surface area contributed by atoms with Crippen molar-refractivity contribution in [3.63, 3.8) is 0 Å². The zero-order valence-electron chi connectivity index (χ0n) is 15.7. The van der Waals surface area contributed by atoms with E-state index in [9.17, 15) is 14.0 Å². The first-order chi connectivity index (χ1) is 13.0. The first kappa shape index (κ1) is 21.0. The summed E-state index contributed by atoms with van der Waals surface area (Å²) >= 11 is 1.46. The number of nitrogens with zero attached hydrogens (tertiary/aromatic N) is 1. The fourth-order valence-electron chi connectivity index (χ4n) is 2.79. The second-order valence-corrected chi connectivity index (χ2v) is 7.15. The summed E-state index contributed by atoms with van der Waals surface area (Å²) in [6.07, 6.45) is 0.543. The Morgan fingerprint density at radius 3 is 2.33 bits per heavy atom. The fraction of sp³-hybridized carbons (Fsp3) is 0.333. The lowest BCUT2D eigenvalue weighted by atomic mass is 10.1. The summed E-state index contributed by atoms with van der Waals surface area (Å²) in [5.41, 5.74) is 1.94. The Kier molecular flexibility index (Phi) is 8.33. The summed E-state index contributed by atoms with van der Waals surface area (Å²) in [5, 5.41) is 2.65. The average molecular weight is 389 g/mol. The third-order valence-corrected chi connectivity index (χ3v) is 5.22. The van der Waals surface area contributed by atoms with Gasteiger partial charge in [-0.3, -0.25) is 9.59 Å². The predicted octanol–water partition coefficient (Wildman–Crippen LogP) is 3.61. The quantitative estimate of drug-likeness (QED) is 0.714. The van der Waals surface area contributed by atoms with Crippen LogP contribution in [0.15, 0.2) is 54.6 Å². The van der Waals surface area contributed by atoms with E-state index in [1.54, 1.807) is 24.1 Å². The molecule has 0 saturated carbocycles. The van der Waals surface area contributed by atoms with E-state index in [0.29, 0.717) is 18.7 Å². The minimum Gasteiger partial charge on any atom is -0.357 e. The van der Waals surface area contributed by atoms with E-state index >= 15 is 0 Å². The van der Waals surface area contributed by atoms with Gasteiger partial charge in [0.25, 0.3) is 0 Å². The third kappa shape index (κ3) is 6.40. The van der Waals surface area contributed by atoms with E-state index in [1.165, 1.54) is 23.9 Å². The predicted molar refractivity (Wildman–Crippen MR) is 108 cm³/mol. The molecule has 0 aliphatic heterocycles. The largest absolute Gasteiger partial charge is 0.357 e. The van der Waals surface area contributed by atoms with Crippen molar-refractivity contribution in [2.45, 2.75) is 31.7 Å². The number of halogens is 1. The van der Waals surface area contributed by atoms with Crippen LogP contribution in [0.5, 0.6) is 0 Å². The van der Waals surface area contributed by atoms with E-state index < -0.39 is 6.04 Å². The number of likely N-dealkylation sites (N-methyl/N-ethyl adjacent to an activating group) is 1. The van der Waals surface area contributed by atoms with Crippen LogP contribution < -0.4 is 5.32 Å². The molecule has 0 aromatic heterocycles. The highest BCUT2D eigenvalue weighted by Gasteiger charge is 2.27. The molecule has 0 radical (unpaired) electrons. The Morgan fingerprint density at radius 2 is 1.74 bits per heavy atom. The van der Waals surface area contributed by atoms with Crippen molar-refractivity contribution in [1.29, 1.82) is 0 Å². The number of benzene rings is 2. The number of hydrogen-bond donors (Lipinski definition) is 1. The van der Waals surface area contributed by atoms with Crippen molar-refractivity contribution in [2.24, 2.45) is 0 Å². The molecule has 1 atom stereocenters. The molecule has 2 rings (SSSR count). The van der Waals surface area contributed by atoms with Gasteiger partial charge in [0.05, 0.1) is 5.75 Å². The molecule has 0 heterocycles. The Morgan fingerprint density at radius 1 is 1.07 bits per heavy atom. The smallest absolute Gasteiger partial charge is 0.242 e. The van der Waals surface area contributed by atoms with E-state index in [2.05, 4.69) is 5.32 Å². The molecule has 0 fully saturated rings. The van der Waals surface area contributed by atoms with Crippen LogP contribution in [-0.4, -0.2) is 35.6 Å². The number of carbonyl (C=O) groups is 2. The molecule has 4 nitrogen and oxygen atoms in total. The number of hydrogen-bond acceptors (Lipinski definition) is 3. The van der Waals surface area contributed by atoms with Crippen molar-refractivity contribution in [1.82, 2.24) is 10.2 Å². The molecule has 1 N–H and O–H groups in total. The van der Waals surface area contributed by atoms with Gasteiger partial charge in [-0.05, 0) is 29.7 Å². The number of thioether (sulfide) groups is 1. The van der Waals surface area contributed by atoms with Crippen LogP contribution in [-0.2, 0) is 21.9 Å². The highest BCUT2D eigenvalue weighted by Crippen LogP contribution is 2.17. The van der Waals surface area contributed by atoms with E-state index in [-0.39, 0.29) is 23.4 Å². The highest BCUT2D eigenvalue weighted by molar-refractivity contribution is 7.99. The molecule has 144 valence electrons. The molecule has 0 saturated heterocycles. The lowest BCUT2D eigenvalue weighted by Gasteiger charge is -2.30. The van der Waals surface area contributed by atoms with Crippen LogP contribution in [0.2, 0.25) is 0 Å². The zero-order valence-corrected chi connectivity index (χ0v) is 16.5. The molecule has 0 aliphatic carbocycles. The van der Waals surface area contributed by atoms with Gasteiger partial charge in [-0.2, -0.15) is 0 Å². The molecule has 0 aliphatic rings. The molecule has 0 spiro atoms. The van der Waals surface area contributed by atoms with Crippen LogP contribution in [0.1, 0.15) is 24.5 Å². The number of carbonyl (C=O) groups excluding carboxylic acids is 2. The molecule has 2 aromatic carbocycles. The molecular formula is C21H25FN2O2S. The SMILES string of the molecule is CC[C@H](C(=O)NC)N(Cc1ccccc1)C(=O)CSCc1ccc(F)cc1. The molecule has 2 amide bonds. The molecule has 2 aromatic rings. The van der Waals surface area contributed by atoms with Crippen molar-refractivity contribution < 1.29 is 14.0 Å². The van der Waals surface area contributed by atoms with Gasteiger partial charge in [0, 0.05) is 19.3 Å². The third-order valence-electron chi connectivity index (χ3n) is 4.24. The summed E-state index contributed by atoms with van der Waals surface area (Å²) in [4.78, 5) is 26.8. The topological polar surface area (TPSA) is 49.4 Å². The fourth-order valence-corrected chi connectivity index (χ4v) is 3.66. The lowest BCUT2D eigenvalue weighted by molar-refractivity contribution is -0.139. The van der Waals surface area contributed by atoms with E-state index in [0.717, 1.165) is 11.1 Å². The van der Waals surface area contributed by atoms with Gasteiger partial charge in [-0.25, -0.2) is 4.39 Å². The zero-order chi connectivity index (χ0) is 19.6. The first-order valence-corrected chi connectivity index (χ1v) is 10.1. The lowest BCUT2D eigenvalue weighted by Crippen LogP contribution is -2.48. The summed E-state index contributed by atoms with van der Waals surface area (Å²) in [5.74, 6) is 0.358. The molecule has 27 heavy (non-hydrogen) atoms. The molecule has 6 heteroatoms. The Bertz CT molecular complexity index is 738. The van der Waals surface area contributed by atoms with Gasteiger partial charge < -0.3 is 10.2 Å². The van der Waals surface area contributed by atoms with E-state index in [4.69, 9.17) is 0 Å². The van der Waals surface area contributed by atoms with Gasteiger partial charge in [-0.1, -0.05) is 49.4 Å². The van der Waals surface area contributed by atoms with Crippen molar-refractivity contribution in [3.05, 3.63) is 71.5 Å². The van der Waals surface area contributed by atoms with Gasteiger partial charge in [0.2, 0.25) is 11.8 Å². The second-order valence-electron chi connectivity index (χ2n) is 6.16. The number of rotatable bonds is 9. The summed E-state index contributed by atoms with van der Waals surface area (Å²) in [6, 6.07) is 15.4. The van der Waals surface area contributed by atoms with Crippen molar-refractivity contribution in [2.75, 3.05) is 12.8 Å². The van der Waals surface area contributed by atoms with Gasteiger partial charge in [0.1, 0.15) is 11.9 Å². The van der Waals surface area contributed by atoms with Crippen LogP contribution in [0.4, 0.5) is 4.39 Å². The van der Waals surface area contributed by atoms with E-state index in [1.807, 2.05) is 37.3 Å². The van der Waals surface area contributed by atoms with Crippen LogP contribution in [0.25, 0.3) is 0 Å². The van der Waals surface area contributed by atoms with Gasteiger partial charge in [0.15, 0.2) is 0 Å². The minimum atomic E-state index is -0.505. The Hall–Kier alpha value is -2.34. The summed E-state index contributed by atoms with van der Waals surface area (Å²) < 4.78 is 13.0. The summed E-state index contributed by atoms with van der Waals surface area (Å²) in [6.45, 7) is 2.29. The highest BCUT2D eigenvalue weighted by atomic mass is 32.2. The van der Waals surface area contributed by atoms with Gasteiger partial charge in [-0.15, -0.1) is 11.8 Å². The molecular weight excluding hydrogens is 363 g/mol. The summed E-state index contributed by atoms with van der Waals surface area (Å²) in [7, 11) is 1.58. The maximum Gasteiger partial charge on any atom is 0.242 e. The number of amides is 2. The average Bonchev–Trinajstić information content (AvgIpc) is 2.69. The first-order valence-electron chi connectivity index (χ1n) is 8.92. The second kappa shape index (κ2) is 10.7. The van der Waals surface area contributed by atoms with Crippen molar-refractivity contribution in [3.8, 4) is 0 Å². The molecule has 0 bridgehead atoms. The Labute approximate surface area is 164 Å². The van der Waals surface area contributed by atoms with Crippen LogP contribution in [0.3, 0.4) is 0 Å². The Balaban J connectivity index is 2.05. The van der Waals surface area contributed by atoms with Crippen molar-refractivity contribution >= 4 is 23.6 Å². The molecule has 0 unspecified atom stereocenters. The van der Waals surface area contributed by atoms with Crippen LogP contribution >= 0.6 is 11.8 Å². The standard InChI is InChI=1S/C21H25FN2O2S/c1-3-19(21(26)23-2)24(13-16-7-5-4-6-8-16)20(25)15-27-14-17-9-11-18(22)12-10-17/h4-12,19H,3,13-15H2,1-2H3,(H,23,26)/t19-/m1/s1. The maximum atomic E-state index is 13.0.